The number of aromatic nitrogens is 2. The number of benzene rings is 1. The Balaban J connectivity index is 1.79. The molecule has 0 atom stereocenters. The summed E-state index contributed by atoms with van der Waals surface area (Å²) in [7, 11) is 1.79. The van der Waals surface area contributed by atoms with Crippen molar-refractivity contribution in [1.29, 1.82) is 0 Å². The van der Waals surface area contributed by atoms with Gasteiger partial charge in [-0.05, 0) is 12.1 Å². The Kier molecular flexibility index (Phi) is 4.33. The number of nitrogens with zero attached hydrogens (tertiary/aromatic N) is 3. The Morgan fingerprint density at radius 1 is 1.22 bits per heavy atom. The molecule has 0 aliphatic carbocycles. The minimum absolute atomic E-state index is 0.164. The number of aliphatic imine (C=N–C) groups is 1. The molecule has 27 heavy (non-hydrogen) atoms. The fourth-order valence-electron chi connectivity index (χ4n) is 2.89. The molecule has 0 amide bonds. The van der Waals surface area contributed by atoms with Gasteiger partial charge in [0.2, 0.25) is 0 Å². The maximum absolute atomic E-state index is 12.0. The van der Waals surface area contributed by atoms with Crippen LogP contribution >= 0.6 is 0 Å². The molecule has 0 saturated heterocycles. The fourth-order valence-corrected chi connectivity index (χ4v) is 2.89. The van der Waals surface area contributed by atoms with Gasteiger partial charge in [0.1, 0.15) is 5.84 Å². The van der Waals surface area contributed by atoms with Gasteiger partial charge in [0.15, 0.2) is 11.5 Å². The van der Waals surface area contributed by atoms with Crippen molar-refractivity contribution in [3.8, 4) is 22.6 Å². The van der Waals surface area contributed by atoms with Gasteiger partial charge in [0.25, 0.3) is 0 Å². The number of ether oxygens (including phenoxy) is 2. The van der Waals surface area contributed by atoms with Crippen LogP contribution in [0.1, 0.15) is 0 Å². The van der Waals surface area contributed by atoms with E-state index in [2.05, 4.69) is 20.7 Å². The molecule has 2 aromatic rings. The number of nitrogens with one attached hydrogen (secondary N) is 2. The molecule has 9 heteroatoms. The van der Waals surface area contributed by atoms with Crippen molar-refractivity contribution in [2.45, 2.75) is 0 Å². The first-order valence-electron chi connectivity index (χ1n) is 8.39. The molecule has 0 fully saturated rings. The van der Waals surface area contributed by atoms with Crippen molar-refractivity contribution in [2.24, 2.45) is 12.0 Å². The first-order valence-corrected chi connectivity index (χ1v) is 8.39. The second-order valence-corrected chi connectivity index (χ2v) is 6.00. The first-order chi connectivity index (χ1) is 13.1. The normalized spacial score (nSPS) is 17.0. The predicted molar refractivity (Wildman–Crippen MR) is 97.8 cm³/mol. The molecule has 2 aliphatic rings. The Labute approximate surface area is 154 Å². The molecular weight excluding hydrogens is 350 g/mol. The molecule has 0 unspecified atom stereocenters. The number of carbonyl (C=O) groups is 2. The third-order valence-corrected chi connectivity index (χ3v) is 4.07. The van der Waals surface area contributed by atoms with Gasteiger partial charge in [-0.1, -0.05) is 0 Å². The summed E-state index contributed by atoms with van der Waals surface area (Å²) in [5, 5.41) is 10.7. The summed E-state index contributed by atoms with van der Waals surface area (Å²) in [6.45, 7) is 2.05. The van der Waals surface area contributed by atoms with Gasteiger partial charge in [0, 0.05) is 43.2 Å². The SMILES string of the molecule is Cn1cc(-c2c(NCC3=NCCN3)ccc3c2OC(=O)/C=C/C(=O)O3)cn1. The topological polar surface area (TPSA) is 107 Å². The molecule has 4 rings (SSSR count). The molecule has 0 saturated carbocycles. The number of fused-ring (bicyclic) bond motifs is 1. The quantitative estimate of drug-likeness (QED) is 0.610. The number of rotatable bonds is 4. The summed E-state index contributed by atoms with van der Waals surface area (Å²) in [6, 6.07) is 3.36. The van der Waals surface area contributed by atoms with E-state index in [4.69, 9.17) is 9.47 Å². The Hall–Kier alpha value is -3.62. The fraction of sp³-hybridized carbons (Fsp3) is 0.222. The Morgan fingerprint density at radius 3 is 2.74 bits per heavy atom. The lowest BCUT2D eigenvalue weighted by Crippen LogP contribution is -2.26. The average Bonchev–Trinajstić information content (AvgIpc) is 3.30. The van der Waals surface area contributed by atoms with Crippen LogP contribution in [0.4, 0.5) is 5.69 Å². The second-order valence-electron chi connectivity index (χ2n) is 6.00. The van der Waals surface area contributed by atoms with Crippen LogP contribution in [0.5, 0.6) is 11.5 Å². The zero-order chi connectivity index (χ0) is 18.8. The van der Waals surface area contributed by atoms with E-state index in [0.29, 0.717) is 23.4 Å². The number of hydrogen-bond donors (Lipinski definition) is 2. The van der Waals surface area contributed by atoms with Gasteiger partial charge in [-0.3, -0.25) is 9.67 Å². The lowest BCUT2D eigenvalue weighted by molar-refractivity contribution is -0.133. The zero-order valence-electron chi connectivity index (χ0n) is 14.6. The highest BCUT2D eigenvalue weighted by Crippen LogP contribution is 2.44. The van der Waals surface area contributed by atoms with Crippen LogP contribution in [0.15, 0.2) is 41.7 Å². The van der Waals surface area contributed by atoms with Crippen molar-refractivity contribution in [3.05, 3.63) is 36.7 Å². The van der Waals surface area contributed by atoms with Crippen molar-refractivity contribution in [2.75, 3.05) is 25.0 Å². The molecule has 9 nitrogen and oxygen atoms in total. The number of hydrogen-bond acceptors (Lipinski definition) is 8. The standard InChI is InChI=1S/C18H17N5O4/c1-23-10-11(8-22-23)17-12(21-9-14-19-6-7-20-14)2-3-13-18(17)27-16(25)5-4-15(24)26-13/h2-5,8,10,21H,6-7,9H2,1H3,(H,19,20)/b5-4+. The number of aryl methyl sites for hydroxylation is 1. The van der Waals surface area contributed by atoms with Crippen LogP contribution in [-0.2, 0) is 16.6 Å². The summed E-state index contributed by atoms with van der Waals surface area (Å²) < 4.78 is 12.4. The molecule has 1 aromatic heterocycles. The highest BCUT2D eigenvalue weighted by Gasteiger charge is 2.24. The van der Waals surface area contributed by atoms with E-state index in [-0.39, 0.29) is 11.5 Å². The van der Waals surface area contributed by atoms with Crippen LogP contribution in [0.2, 0.25) is 0 Å². The summed E-state index contributed by atoms with van der Waals surface area (Å²) in [5.41, 5.74) is 1.99. The summed E-state index contributed by atoms with van der Waals surface area (Å²) in [4.78, 5) is 28.2. The molecule has 0 bridgehead atoms. The minimum Gasteiger partial charge on any atom is -0.419 e. The van der Waals surface area contributed by atoms with Gasteiger partial charge < -0.3 is 20.1 Å². The van der Waals surface area contributed by atoms with Crippen LogP contribution in [0.25, 0.3) is 11.1 Å². The molecule has 138 valence electrons. The maximum Gasteiger partial charge on any atom is 0.336 e. The van der Waals surface area contributed by atoms with E-state index in [0.717, 1.165) is 31.1 Å². The monoisotopic (exact) mass is 367 g/mol. The van der Waals surface area contributed by atoms with Crippen LogP contribution in [0, 0.1) is 0 Å². The molecule has 0 spiro atoms. The van der Waals surface area contributed by atoms with E-state index in [1.54, 1.807) is 36.3 Å². The van der Waals surface area contributed by atoms with Crippen molar-refractivity contribution < 1.29 is 19.1 Å². The van der Waals surface area contributed by atoms with Gasteiger partial charge in [0.05, 0.1) is 24.8 Å². The van der Waals surface area contributed by atoms with Gasteiger partial charge in [-0.2, -0.15) is 5.10 Å². The van der Waals surface area contributed by atoms with E-state index >= 15 is 0 Å². The zero-order valence-corrected chi connectivity index (χ0v) is 14.6. The first kappa shape index (κ1) is 16.8. The molecule has 2 aliphatic heterocycles. The van der Waals surface area contributed by atoms with Crippen molar-refractivity contribution in [1.82, 2.24) is 15.1 Å². The summed E-state index contributed by atoms with van der Waals surface area (Å²) >= 11 is 0. The smallest absolute Gasteiger partial charge is 0.336 e. The minimum atomic E-state index is -0.656. The number of esters is 2. The summed E-state index contributed by atoms with van der Waals surface area (Å²) in [5.74, 6) is -0.118. The van der Waals surface area contributed by atoms with E-state index < -0.39 is 11.9 Å². The highest BCUT2D eigenvalue weighted by molar-refractivity contribution is 5.98. The average molecular weight is 367 g/mol. The number of carbonyl (C=O) groups excluding carboxylic acids is 2. The van der Waals surface area contributed by atoms with Gasteiger partial charge >= 0.3 is 11.9 Å². The maximum atomic E-state index is 12.0. The van der Waals surface area contributed by atoms with Crippen LogP contribution in [-0.4, -0.2) is 47.2 Å². The van der Waals surface area contributed by atoms with E-state index in [1.807, 2.05) is 0 Å². The lowest BCUT2D eigenvalue weighted by Gasteiger charge is -2.18. The van der Waals surface area contributed by atoms with Gasteiger partial charge in [-0.25, -0.2) is 9.59 Å². The van der Waals surface area contributed by atoms with E-state index in [9.17, 15) is 9.59 Å². The van der Waals surface area contributed by atoms with Gasteiger partial charge in [-0.15, -0.1) is 0 Å². The molecule has 1 aromatic carbocycles. The summed E-state index contributed by atoms with van der Waals surface area (Å²) in [6.07, 6.45) is 5.51. The van der Waals surface area contributed by atoms with Crippen LogP contribution in [0.3, 0.4) is 0 Å². The Morgan fingerprint density at radius 2 is 2.04 bits per heavy atom. The van der Waals surface area contributed by atoms with Crippen molar-refractivity contribution >= 4 is 23.5 Å². The molecule has 2 N–H and O–H groups in total. The Bertz CT molecular complexity index is 976. The largest absolute Gasteiger partial charge is 0.419 e. The molecule has 0 radical (unpaired) electrons. The van der Waals surface area contributed by atoms with E-state index in [1.165, 1.54) is 0 Å². The van der Waals surface area contributed by atoms with Crippen LogP contribution < -0.4 is 20.1 Å². The third kappa shape index (κ3) is 3.52. The highest BCUT2D eigenvalue weighted by atomic mass is 16.6. The third-order valence-electron chi connectivity index (χ3n) is 4.07. The van der Waals surface area contributed by atoms with Crippen molar-refractivity contribution in [3.63, 3.8) is 0 Å². The lowest BCUT2D eigenvalue weighted by atomic mass is 10.0. The molecular formula is C18H17N5O4. The second kappa shape index (κ2) is 6.94. The number of amidine groups is 1. The predicted octanol–water partition coefficient (Wildman–Crippen LogP) is 0.881. The molecule has 3 heterocycles. The number of anilines is 1.